The lowest BCUT2D eigenvalue weighted by Gasteiger charge is -2.17. The van der Waals surface area contributed by atoms with E-state index in [0.717, 1.165) is 5.56 Å². The molecule has 0 radical (unpaired) electrons. The number of hydrogen-bond acceptors (Lipinski definition) is 4. The van der Waals surface area contributed by atoms with Crippen molar-refractivity contribution in [2.75, 3.05) is 11.9 Å². The van der Waals surface area contributed by atoms with Crippen LogP contribution in [-0.2, 0) is 16.2 Å². The number of pyridine rings is 1. The van der Waals surface area contributed by atoms with Crippen LogP contribution >= 0.6 is 0 Å². The number of hydrogen-bond donors (Lipinski definition) is 2. The van der Waals surface area contributed by atoms with Crippen LogP contribution < -0.4 is 15.4 Å². The normalized spacial score (nSPS) is 10.9. The van der Waals surface area contributed by atoms with Crippen molar-refractivity contribution in [3.05, 3.63) is 54.2 Å². The van der Waals surface area contributed by atoms with Gasteiger partial charge >= 0.3 is 0 Å². The maximum absolute atomic E-state index is 12.0. The molecule has 6 nitrogen and oxygen atoms in total. The summed E-state index contributed by atoms with van der Waals surface area (Å²) in [5.41, 5.74) is 1.26. The van der Waals surface area contributed by atoms with Gasteiger partial charge in [-0.3, -0.25) is 9.59 Å². The first-order valence-corrected chi connectivity index (χ1v) is 9.05. The van der Waals surface area contributed by atoms with Gasteiger partial charge in [0.25, 0.3) is 0 Å². The first kappa shape index (κ1) is 20.4. The second kappa shape index (κ2) is 9.71. The van der Waals surface area contributed by atoms with E-state index in [0.29, 0.717) is 37.6 Å². The van der Waals surface area contributed by atoms with Crippen LogP contribution in [-0.4, -0.2) is 23.3 Å². The molecular formula is C21H27N3O3. The summed E-state index contributed by atoms with van der Waals surface area (Å²) in [5.74, 6) is 0.375. The predicted molar refractivity (Wildman–Crippen MR) is 105 cm³/mol. The summed E-state index contributed by atoms with van der Waals surface area (Å²) in [7, 11) is 0. The highest BCUT2D eigenvalue weighted by molar-refractivity contribution is 5.90. The van der Waals surface area contributed by atoms with E-state index in [2.05, 4.69) is 15.6 Å². The summed E-state index contributed by atoms with van der Waals surface area (Å²) >= 11 is 0. The second-order valence-corrected chi connectivity index (χ2v) is 7.32. The predicted octanol–water partition coefficient (Wildman–Crippen LogP) is 3.54. The molecule has 0 fully saturated rings. The highest BCUT2D eigenvalue weighted by Gasteiger charge is 2.20. The van der Waals surface area contributed by atoms with Crippen molar-refractivity contribution >= 4 is 17.5 Å². The Morgan fingerprint density at radius 3 is 2.44 bits per heavy atom. The van der Waals surface area contributed by atoms with Crippen LogP contribution in [0.2, 0.25) is 0 Å². The molecule has 0 aliphatic rings. The molecule has 1 aromatic carbocycles. The second-order valence-electron chi connectivity index (χ2n) is 7.32. The molecule has 144 valence electrons. The third kappa shape index (κ3) is 7.48. The van der Waals surface area contributed by atoms with Gasteiger partial charge in [0.1, 0.15) is 6.61 Å². The largest absolute Gasteiger partial charge is 0.473 e. The number of carbonyl (C=O) groups is 2. The Kier molecular flexibility index (Phi) is 7.34. The van der Waals surface area contributed by atoms with E-state index in [1.165, 1.54) is 0 Å². The fraction of sp³-hybridized carbons (Fsp3) is 0.381. The van der Waals surface area contributed by atoms with Gasteiger partial charge in [-0.25, -0.2) is 4.98 Å². The number of ether oxygens (including phenoxy) is 1. The smallest absolute Gasteiger partial charge is 0.225 e. The number of aromatic nitrogens is 1. The molecule has 0 saturated carbocycles. The summed E-state index contributed by atoms with van der Waals surface area (Å²) in [6.07, 6.45) is 2.48. The fourth-order valence-corrected chi connectivity index (χ4v) is 2.21. The van der Waals surface area contributed by atoms with Crippen LogP contribution in [0.3, 0.4) is 0 Å². The Morgan fingerprint density at radius 1 is 1.07 bits per heavy atom. The van der Waals surface area contributed by atoms with Crippen molar-refractivity contribution in [3.63, 3.8) is 0 Å². The van der Waals surface area contributed by atoms with Crippen LogP contribution in [0, 0.1) is 5.41 Å². The molecule has 0 bridgehead atoms. The first-order chi connectivity index (χ1) is 12.8. The molecule has 0 aliphatic carbocycles. The van der Waals surface area contributed by atoms with Gasteiger partial charge in [-0.1, -0.05) is 51.1 Å². The van der Waals surface area contributed by atoms with E-state index in [4.69, 9.17) is 4.74 Å². The zero-order chi connectivity index (χ0) is 19.7. The molecule has 0 saturated heterocycles. The van der Waals surface area contributed by atoms with Gasteiger partial charge in [0.05, 0.1) is 11.9 Å². The number of amides is 2. The van der Waals surface area contributed by atoms with E-state index < -0.39 is 5.41 Å². The molecule has 2 N–H and O–H groups in total. The molecule has 1 aromatic heterocycles. The van der Waals surface area contributed by atoms with Crippen molar-refractivity contribution in [2.24, 2.45) is 5.41 Å². The van der Waals surface area contributed by atoms with E-state index in [1.54, 1.807) is 18.3 Å². The van der Waals surface area contributed by atoms with Crippen LogP contribution in [0.1, 0.15) is 39.2 Å². The Bertz CT molecular complexity index is 738. The maximum atomic E-state index is 12.0. The summed E-state index contributed by atoms with van der Waals surface area (Å²) in [4.78, 5) is 27.9. The molecule has 27 heavy (non-hydrogen) atoms. The Hall–Kier alpha value is -2.89. The molecule has 1 heterocycles. The van der Waals surface area contributed by atoms with Crippen LogP contribution in [0.15, 0.2) is 48.7 Å². The maximum Gasteiger partial charge on any atom is 0.225 e. The Labute approximate surface area is 160 Å². The lowest BCUT2D eigenvalue weighted by molar-refractivity contribution is -0.128. The zero-order valence-corrected chi connectivity index (χ0v) is 16.1. The van der Waals surface area contributed by atoms with Crippen LogP contribution in [0.4, 0.5) is 5.69 Å². The minimum atomic E-state index is -0.418. The highest BCUT2D eigenvalue weighted by atomic mass is 16.5. The van der Waals surface area contributed by atoms with Gasteiger partial charge in [0.2, 0.25) is 17.7 Å². The lowest BCUT2D eigenvalue weighted by atomic mass is 9.96. The number of rotatable bonds is 8. The zero-order valence-electron chi connectivity index (χ0n) is 16.1. The highest BCUT2D eigenvalue weighted by Crippen LogP contribution is 2.14. The molecule has 6 heteroatoms. The molecule has 0 spiro atoms. The van der Waals surface area contributed by atoms with Crippen LogP contribution in [0.5, 0.6) is 5.88 Å². The fourth-order valence-electron chi connectivity index (χ4n) is 2.21. The van der Waals surface area contributed by atoms with Crippen molar-refractivity contribution in [1.82, 2.24) is 10.3 Å². The minimum Gasteiger partial charge on any atom is -0.473 e. The molecule has 2 amide bonds. The molecule has 0 unspecified atom stereocenters. The number of nitrogens with one attached hydrogen (secondary N) is 2. The topological polar surface area (TPSA) is 80.3 Å². The van der Waals surface area contributed by atoms with Gasteiger partial charge in [0.15, 0.2) is 0 Å². The van der Waals surface area contributed by atoms with Crippen LogP contribution in [0.25, 0.3) is 0 Å². The number of anilines is 1. The number of nitrogens with zero attached hydrogens (tertiary/aromatic N) is 1. The SMILES string of the molecule is CC(C)(C)C(=O)NCCCC(=O)Nc1ccc(OCc2ccccc2)nc1. The first-order valence-electron chi connectivity index (χ1n) is 9.05. The molecule has 2 rings (SSSR count). The van der Waals surface area contributed by atoms with Gasteiger partial charge in [-0.2, -0.15) is 0 Å². The van der Waals surface area contributed by atoms with E-state index in [-0.39, 0.29) is 11.8 Å². The van der Waals surface area contributed by atoms with Crippen molar-refractivity contribution in [1.29, 1.82) is 0 Å². The third-order valence-electron chi connectivity index (χ3n) is 3.80. The van der Waals surface area contributed by atoms with Gasteiger partial charge in [-0.05, 0) is 18.1 Å². The molecule has 2 aromatic rings. The Morgan fingerprint density at radius 2 is 1.81 bits per heavy atom. The van der Waals surface area contributed by atoms with Crippen molar-refractivity contribution in [3.8, 4) is 5.88 Å². The summed E-state index contributed by atoms with van der Waals surface area (Å²) < 4.78 is 5.62. The van der Waals surface area contributed by atoms with Gasteiger partial charge in [-0.15, -0.1) is 0 Å². The van der Waals surface area contributed by atoms with E-state index in [1.807, 2.05) is 51.1 Å². The summed E-state index contributed by atoms with van der Waals surface area (Å²) in [6.45, 7) is 6.49. The average Bonchev–Trinajstić information content (AvgIpc) is 2.64. The molecule has 0 atom stereocenters. The number of benzene rings is 1. The molecular weight excluding hydrogens is 342 g/mol. The van der Waals surface area contributed by atoms with E-state index >= 15 is 0 Å². The van der Waals surface area contributed by atoms with Gasteiger partial charge < -0.3 is 15.4 Å². The van der Waals surface area contributed by atoms with Gasteiger partial charge in [0, 0.05) is 24.4 Å². The van der Waals surface area contributed by atoms with Crippen molar-refractivity contribution in [2.45, 2.75) is 40.2 Å². The minimum absolute atomic E-state index is 0.0156. The quantitative estimate of drug-likeness (QED) is 0.698. The summed E-state index contributed by atoms with van der Waals surface area (Å²) in [6, 6.07) is 13.3. The lowest BCUT2D eigenvalue weighted by Crippen LogP contribution is -2.35. The Balaban J connectivity index is 1.69. The van der Waals surface area contributed by atoms with E-state index in [9.17, 15) is 9.59 Å². The number of carbonyl (C=O) groups excluding carboxylic acids is 2. The standard InChI is InChI=1S/C21H27N3O3/c1-21(2,3)20(26)22-13-7-10-18(25)24-17-11-12-19(23-14-17)27-15-16-8-5-4-6-9-16/h4-6,8-9,11-12,14H,7,10,13,15H2,1-3H3,(H,22,26)(H,24,25). The molecule has 0 aliphatic heterocycles. The monoisotopic (exact) mass is 369 g/mol. The average molecular weight is 369 g/mol. The summed E-state index contributed by atoms with van der Waals surface area (Å²) in [5, 5.41) is 5.62. The third-order valence-corrected chi connectivity index (χ3v) is 3.80. The van der Waals surface area contributed by atoms with Crippen molar-refractivity contribution < 1.29 is 14.3 Å².